The maximum Gasteiger partial charge on any atom is 0.147 e. The minimum absolute atomic E-state index is 0.161. The molecule has 1 nitrogen and oxygen atoms in total. The lowest BCUT2D eigenvalue weighted by Crippen LogP contribution is -1.94. The Balaban J connectivity index is 2.63. The van der Waals surface area contributed by atoms with Crippen molar-refractivity contribution in [2.24, 2.45) is 5.92 Å². The summed E-state index contributed by atoms with van der Waals surface area (Å²) < 4.78 is 13.5. The van der Waals surface area contributed by atoms with Crippen LogP contribution in [0.3, 0.4) is 0 Å². The Hall–Kier alpha value is -1.31. The molecule has 0 aliphatic carbocycles. The van der Waals surface area contributed by atoms with E-state index in [0.717, 1.165) is 17.5 Å². The van der Waals surface area contributed by atoms with Crippen molar-refractivity contribution < 1.29 is 4.39 Å². The number of nitrogens with one attached hydrogen (secondary N) is 1. The van der Waals surface area contributed by atoms with E-state index in [-0.39, 0.29) is 5.82 Å². The van der Waals surface area contributed by atoms with E-state index in [1.54, 1.807) is 6.07 Å². The molecule has 1 heterocycles. The van der Waals surface area contributed by atoms with E-state index in [0.29, 0.717) is 11.4 Å². The van der Waals surface area contributed by atoms with E-state index in [2.05, 4.69) is 18.8 Å². The molecule has 1 N–H and O–H groups in total. The second kappa shape index (κ2) is 3.69. The molecule has 0 aliphatic heterocycles. The molecule has 80 valence electrons. The fraction of sp³-hybridized carbons (Fsp3) is 0.385. The van der Waals surface area contributed by atoms with Crippen LogP contribution in [0.2, 0.25) is 0 Å². The van der Waals surface area contributed by atoms with Gasteiger partial charge in [-0.05, 0) is 30.9 Å². The summed E-state index contributed by atoms with van der Waals surface area (Å²) in [7, 11) is 0. The number of fused-ring (bicyclic) bond motifs is 1. The van der Waals surface area contributed by atoms with Crippen LogP contribution in [0.25, 0.3) is 10.9 Å². The standard InChI is InChI=1S/C13H16FN/c1-8(2)7-11-9(3)15-13-10(11)5-4-6-12(13)14/h4-6,8,15H,7H2,1-3H3. The summed E-state index contributed by atoms with van der Waals surface area (Å²) in [5.74, 6) is 0.427. The first-order valence-corrected chi connectivity index (χ1v) is 5.35. The first-order chi connectivity index (χ1) is 7.09. The highest BCUT2D eigenvalue weighted by Gasteiger charge is 2.11. The van der Waals surface area contributed by atoms with Crippen LogP contribution in [0.15, 0.2) is 18.2 Å². The fourth-order valence-corrected chi connectivity index (χ4v) is 2.04. The van der Waals surface area contributed by atoms with E-state index in [1.165, 1.54) is 11.6 Å². The van der Waals surface area contributed by atoms with Crippen molar-refractivity contribution in [3.8, 4) is 0 Å². The van der Waals surface area contributed by atoms with Crippen molar-refractivity contribution in [2.75, 3.05) is 0 Å². The average Bonchev–Trinajstić information content (AvgIpc) is 2.45. The molecule has 0 fully saturated rings. The molecule has 2 heteroatoms. The van der Waals surface area contributed by atoms with Crippen LogP contribution in [0, 0.1) is 18.7 Å². The molecule has 1 aromatic heterocycles. The smallest absolute Gasteiger partial charge is 0.147 e. The molecule has 2 rings (SSSR count). The highest BCUT2D eigenvalue weighted by atomic mass is 19.1. The number of para-hydroxylation sites is 1. The summed E-state index contributed by atoms with van der Waals surface area (Å²) in [4.78, 5) is 3.13. The van der Waals surface area contributed by atoms with Crippen molar-refractivity contribution in [1.29, 1.82) is 0 Å². The minimum atomic E-state index is -0.161. The van der Waals surface area contributed by atoms with Gasteiger partial charge < -0.3 is 4.98 Å². The van der Waals surface area contributed by atoms with Gasteiger partial charge in [0.1, 0.15) is 5.82 Å². The number of aromatic amines is 1. The molecule has 15 heavy (non-hydrogen) atoms. The largest absolute Gasteiger partial charge is 0.356 e. The van der Waals surface area contributed by atoms with Gasteiger partial charge in [-0.3, -0.25) is 0 Å². The van der Waals surface area contributed by atoms with Gasteiger partial charge in [0.15, 0.2) is 0 Å². The molecule has 0 radical (unpaired) electrons. The average molecular weight is 205 g/mol. The molecule has 0 amide bonds. The predicted octanol–water partition coefficient (Wildman–Crippen LogP) is 3.81. The van der Waals surface area contributed by atoms with Crippen molar-refractivity contribution in [3.05, 3.63) is 35.3 Å². The second-order valence-corrected chi connectivity index (χ2v) is 4.49. The van der Waals surface area contributed by atoms with Crippen LogP contribution >= 0.6 is 0 Å². The van der Waals surface area contributed by atoms with Crippen LogP contribution in [-0.2, 0) is 6.42 Å². The molecule has 1 aromatic carbocycles. The van der Waals surface area contributed by atoms with Gasteiger partial charge in [0, 0.05) is 11.1 Å². The fourth-order valence-electron chi connectivity index (χ4n) is 2.04. The summed E-state index contributed by atoms with van der Waals surface area (Å²) in [6.45, 7) is 6.37. The van der Waals surface area contributed by atoms with Crippen molar-refractivity contribution in [1.82, 2.24) is 4.98 Å². The first-order valence-electron chi connectivity index (χ1n) is 5.35. The number of hydrogen-bond acceptors (Lipinski definition) is 0. The van der Waals surface area contributed by atoms with E-state index >= 15 is 0 Å². The predicted molar refractivity (Wildman–Crippen MR) is 61.5 cm³/mol. The molecule has 0 unspecified atom stereocenters. The summed E-state index contributed by atoms with van der Waals surface area (Å²) in [5, 5.41) is 1.03. The molecule has 0 atom stereocenters. The summed E-state index contributed by atoms with van der Waals surface area (Å²) in [5.41, 5.74) is 2.98. The van der Waals surface area contributed by atoms with Crippen molar-refractivity contribution in [2.45, 2.75) is 27.2 Å². The Morgan fingerprint density at radius 1 is 1.33 bits per heavy atom. The number of benzene rings is 1. The molecule has 0 spiro atoms. The Morgan fingerprint density at radius 3 is 2.73 bits per heavy atom. The molecule has 0 aliphatic rings. The lowest BCUT2D eigenvalue weighted by atomic mass is 10.0. The lowest BCUT2D eigenvalue weighted by Gasteiger charge is -2.04. The van der Waals surface area contributed by atoms with E-state index < -0.39 is 0 Å². The number of aryl methyl sites for hydroxylation is 1. The normalized spacial score (nSPS) is 11.5. The van der Waals surface area contributed by atoms with Crippen molar-refractivity contribution >= 4 is 10.9 Å². The van der Waals surface area contributed by atoms with Gasteiger partial charge in [0.2, 0.25) is 0 Å². The van der Waals surface area contributed by atoms with Gasteiger partial charge >= 0.3 is 0 Å². The quantitative estimate of drug-likeness (QED) is 0.767. The number of aromatic nitrogens is 1. The van der Waals surface area contributed by atoms with Crippen LogP contribution in [0.4, 0.5) is 4.39 Å². The maximum atomic E-state index is 13.5. The van der Waals surface area contributed by atoms with Crippen LogP contribution in [-0.4, -0.2) is 4.98 Å². The first kappa shape index (κ1) is 10.2. The molecular formula is C13H16FN. The van der Waals surface area contributed by atoms with E-state index in [1.807, 2.05) is 13.0 Å². The highest BCUT2D eigenvalue weighted by molar-refractivity contribution is 5.85. The van der Waals surface area contributed by atoms with Crippen LogP contribution in [0.1, 0.15) is 25.1 Å². The second-order valence-electron chi connectivity index (χ2n) is 4.49. The third-order valence-electron chi connectivity index (χ3n) is 2.72. The Bertz CT molecular complexity index is 482. The summed E-state index contributed by atoms with van der Waals surface area (Å²) in [6.07, 6.45) is 0.995. The van der Waals surface area contributed by atoms with Gasteiger partial charge in [0.05, 0.1) is 5.52 Å². The van der Waals surface area contributed by atoms with Gasteiger partial charge in [0.25, 0.3) is 0 Å². The van der Waals surface area contributed by atoms with E-state index in [9.17, 15) is 4.39 Å². The summed E-state index contributed by atoms with van der Waals surface area (Å²) in [6, 6.07) is 5.26. The Labute approximate surface area is 89.3 Å². The number of H-pyrrole nitrogens is 1. The third-order valence-corrected chi connectivity index (χ3v) is 2.72. The maximum absolute atomic E-state index is 13.5. The van der Waals surface area contributed by atoms with Gasteiger partial charge in [-0.1, -0.05) is 26.0 Å². The molecule has 0 saturated heterocycles. The van der Waals surface area contributed by atoms with Crippen LogP contribution < -0.4 is 0 Å². The van der Waals surface area contributed by atoms with Gasteiger partial charge in [-0.25, -0.2) is 4.39 Å². The molecule has 0 bridgehead atoms. The SMILES string of the molecule is Cc1[nH]c2c(F)cccc2c1CC(C)C. The van der Waals surface area contributed by atoms with Gasteiger partial charge in [-0.2, -0.15) is 0 Å². The van der Waals surface area contributed by atoms with E-state index in [4.69, 9.17) is 0 Å². The monoisotopic (exact) mass is 205 g/mol. The Morgan fingerprint density at radius 2 is 2.07 bits per heavy atom. The number of rotatable bonds is 2. The third kappa shape index (κ3) is 1.76. The Kier molecular flexibility index (Phi) is 2.51. The van der Waals surface area contributed by atoms with Crippen molar-refractivity contribution in [3.63, 3.8) is 0 Å². The molecule has 0 saturated carbocycles. The zero-order valence-corrected chi connectivity index (χ0v) is 9.39. The summed E-state index contributed by atoms with van der Waals surface area (Å²) >= 11 is 0. The lowest BCUT2D eigenvalue weighted by molar-refractivity contribution is 0.637. The topological polar surface area (TPSA) is 15.8 Å². The van der Waals surface area contributed by atoms with Crippen LogP contribution in [0.5, 0.6) is 0 Å². The zero-order valence-electron chi connectivity index (χ0n) is 9.39. The highest BCUT2D eigenvalue weighted by Crippen LogP contribution is 2.26. The number of halogens is 1. The van der Waals surface area contributed by atoms with Gasteiger partial charge in [-0.15, -0.1) is 0 Å². The molecule has 2 aromatic rings. The minimum Gasteiger partial charge on any atom is -0.356 e. The zero-order chi connectivity index (χ0) is 11.0. The molecular weight excluding hydrogens is 189 g/mol. The number of hydrogen-bond donors (Lipinski definition) is 1.